The first-order chi connectivity index (χ1) is 19.9. The first-order valence-corrected chi connectivity index (χ1v) is 16.1. The number of halogens is 2. The van der Waals surface area contributed by atoms with E-state index in [2.05, 4.69) is 9.80 Å². The maximum Gasteiger partial charge on any atom is 0.309 e. The number of methoxy groups -OCH3 is 2. The van der Waals surface area contributed by atoms with Gasteiger partial charge in [-0.25, -0.2) is 4.39 Å². The highest BCUT2D eigenvalue weighted by Crippen LogP contribution is 2.33. The number of ether oxygens (including phenoxy) is 5. The van der Waals surface area contributed by atoms with Crippen molar-refractivity contribution in [3.63, 3.8) is 0 Å². The summed E-state index contributed by atoms with van der Waals surface area (Å²) in [4.78, 5) is 31.0. The molecule has 0 aromatic carbocycles. The van der Waals surface area contributed by atoms with Crippen LogP contribution in [-0.2, 0) is 33.3 Å². The third kappa shape index (κ3) is 9.73. The van der Waals surface area contributed by atoms with Crippen molar-refractivity contribution in [3.8, 4) is 0 Å². The van der Waals surface area contributed by atoms with E-state index in [1.54, 1.807) is 14.2 Å². The highest BCUT2D eigenvalue weighted by atomic mass is 35.5. The summed E-state index contributed by atoms with van der Waals surface area (Å²) in [7, 11) is 3.28. The predicted octanol–water partition coefficient (Wildman–Crippen LogP) is 3.59. The lowest BCUT2D eigenvalue weighted by Gasteiger charge is -2.39. The van der Waals surface area contributed by atoms with E-state index in [9.17, 15) is 14.0 Å². The molecule has 0 radical (unpaired) electrons. The summed E-state index contributed by atoms with van der Waals surface area (Å²) in [5, 5.41) is -0.634. The number of rotatable bonds is 4. The van der Waals surface area contributed by atoms with Gasteiger partial charge in [0, 0.05) is 47.0 Å². The summed E-state index contributed by atoms with van der Waals surface area (Å²) in [6, 6.07) is 0. The van der Waals surface area contributed by atoms with E-state index in [-0.39, 0.29) is 48.2 Å². The van der Waals surface area contributed by atoms with Crippen LogP contribution in [0.25, 0.3) is 0 Å². The molecule has 2 aliphatic heterocycles. The Morgan fingerprint density at radius 1 is 0.878 bits per heavy atom. The van der Waals surface area contributed by atoms with E-state index < -0.39 is 11.5 Å². The minimum atomic E-state index is -1.06. The van der Waals surface area contributed by atoms with Crippen molar-refractivity contribution in [3.05, 3.63) is 0 Å². The molecular weight excluding hydrogens is 555 g/mol. The molecule has 2 saturated heterocycles. The molecule has 4 bridgehead atoms. The third-order valence-corrected chi connectivity index (χ3v) is 9.75. The molecule has 2 aliphatic carbocycles. The number of alkyl halides is 2. The summed E-state index contributed by atoms with van der Waals surface area (Å²) in [6.07, 6.45) is 4.01. The molecule has 41 heavy (non-hydrogen) atoms. The zero-order valence-corrected chi connectivity index (χ0v) is 25.6. The van der Waals surface area contributed by atoms with Crippen LogP contribution in [0.1, 0.15) is 64.2 Å². The van der Waals surface area contributed by atoms with Crippen LogP contribution in [0.2, 0.25) is 0 Å². The molecule has 236 valence electrons. The second-order valence-corrected chi connectivity index (χ2v) is 12.7. The Morgan fingerprint density at radius 2 is 1.63 bits per heavy atom. The van der Waals surface area contributed by atoms with E-state index in [0.29, 0.717) is 58.2 Å². The zero-order chi connectivity index (χ0) is 29.2. The van der Waals surface area contributed by atoms with Gasteiger partial charge in [0.15, 0.2) is 0 Å². The standard InChI is InChI=1S/C30H50ClFN2O7/c1-37-26-19-22-20-27(28(26)38-2)39-16-3-6-23(41-30(36)21-7-8-25(32)24(31)18-21)9-13-34-11-4-10-33(14-15-34)12-5-17-40-29(22)35/h21-28H,3-20H2,1-2H3. The molecule has 4 rings (SSSR count). The van der Waals surface area contributed by atoms with Gasteiger partial charge >= 0.3 is 11.9 Å². The molecule has 4 aliphatic rings. The molecule has 10 atom stereocenters. The molecule has 10 unspecified atom stereocenters. The van der Waals surface area contributed by atoms with Gasteiger partial charge in [0.1, 0.15) is 18.4 Å². The molecule has 0 spiro atoms. The molecule has 9 nitrogen and oxygen atoms in total. The fourth-order valence-corrected chi connectivity index (χ4v) is 7.13. The molecule has 2 saturated carbocycles. The monoisotopic (exact) mass is 604 g/mol. The van der Waals surface area contributed by atoms with Crippen LogP contribution in [0.5, 0.6) is 0 Å². The Kier molecular flexibility index (Phi) is 13.4. The molecule has 0 aromatic heterocycles. The minimum Gasteiger partial charge on any atom is -0.465 e. The molecular formula is C30H50ClFN2O7. The van der Waals surface area contributed by atoms with Gasteiger partial charge in [0.2, 0.25) is 0 Å². The highest BCUT2D eigenvalue weighted by Gasteiger charge is 2.42. The van der Waals surface area contributed by atoms with Crippen LogP contribution in [0.3, 0.4) is 0 Å². The second-order valence-electron chi connectivity index (χ2n) is 12.1. The summed E-state index contributed by atoms with van der Waals surface area (Å²) in [5.41, 5.74) is 0. The lowest BCUT2D eigenvalue weighted by atomic mass is 9.83. The molecule has 4 fully saturated rings. The lowest BCUT2D eigenvalue weighted by molar-refractivity contribution is -0.172. The summed E-state index contributed by atoms with van der Waals surface area (Å²) >= 11 is 6.15. The summed E-state index contributed by atoms with van der Waals surface area (Å²) < 4.78 is 43.4. The molecule has 11 heteroatoms. The fraction of sp³-hybridized carbons (Fsp3) is 0.933. The van der Waals surface area contributed by atoms with Gasteiger partial charge in [-0.05, 0) is 77.3 Å². The van der Waals surface area contributed by atoms with Gasteiger partial charge in [0.25, 0.3) is 0 Å². The lowest BCUT2D eigenvalue weighted by Crippen LogP contribution is -2.49. The van der Waals surface area contributed by atoms with E-state index in [1.165, 1.54) is 0 Å². The van der Waals surface area contributed by atoms with Gasteiger partial charge in [-0.15, -0.1) is 11.6 Å². The van der Waals surface area contributed by atoms with E-state index in [4.69, 9.17) is 35.3 Å². The normalized spacial score (nSPS) is 40.3. The maximum atomic E-state index is 13.9. The Hall–Kier alpha value is -1.04. The average molecular weight is 605 g/mol. The summed E-state index contributed by atoms with van der Waals surface area (Å²) in [6.45, 7) is 6.56. The van der Waals surface area contributed by atoms with Gasteiger partial charge in [0.05, 0.1) is 36.0 Å². The van der Waals surface area contributed by atoms with Crippen molar-refractivity contribution in [1.82, 2.24) is 9.80 Å². The quantitative estimate of drug-likeness (QED) is 0.353. The number of hydrogen-bond acceptors (Lipinski definition) is 9. The van der Waals surface area contributed by atoms with Crippen LogP contribution < -0.4 is 0 Å². The van der Waals surface area contributed by atoms with Crippen molar-refractivity contribution in [2.24, 2.45) is 11.8 Å². The van der Waals surface area contributed by atoms with Gasteiger partial charge in [-0.3, -0.25) is 9.59 Å². The largest absolute Gasteiger partial charge is 0.465 e. The van der Waals surface area contributed by atoms with Crippen molar-refractivity contribution in [2.45, 2.75) is 100 Å². The van der Waals surface area contributed by atoms with Crippen LogP contribution in [0.15, 0.2) is 0 Å². The predicted molar refractivity (Wildman–Crippen MR) is 153 cm³/mol. The second kappa shape index (κ2) is 16.7. The van der Waals surface area contributed by atoms with E-state index >= 15 is 0 Å². The molecule has 0 N–H and O–H groups in total. The highest BCUT2D eigenvalue weighted by molar-refractivity contribution is 6.21. The minimum absolute atomic E-state index is 0.192. The Morgan fingerprint density at radius 3 is 2.37 bits per heavy atom. The number of esters is 2. The summed E-state index contributed by atoms with van der Waals surface area (Å²) in [5.74, 6) is -1.10. The molecule has 0 amide bonds. The maximum absolute atomic E-state index is 13.9. The number of nitrogens with zero attached hydrogens (tertiary/aromatic N) is 2. The number of carbonyl (C=O) groups excluding carboxylic acids is 2. The Balaban J connectivity index is 1.42. The third-order valence-electron chi connectivity index (χ3n) is 9.30. The van der Waals surface area contributed by atoms with Crippen molar-refractivity contribution < 1.29 is 37.7 Å². The average Bonchev–Trinajstić information content (AvgIpc) is 3.21. The smallest absolute Gasteiger partial charge is 0.309 e. The fourth-order valence-electron chi connectivity index (χ4n) is 6.79. The molecule has 2 heterocycles. The number of hydrogen-bond donors (Lipinski definition) is 0. The van der Waals surface area contributed by atoms with Crippen molar-refractivity contribution >= 4 is 23.5 Å². The van der Waals surface area contributed by atoms with Crippen LogP contribution in [0.4, 0.5) is 4.39 Å². The topological polar surface area (TPSA) is 86.8 Å². The first-order valence-electron chi connectivity index (χ1n) is 15.6. The van der Waals surface area contributed by atoms with Crippen molar-refractivity contribution in [2.75, 3.05) is 66.7 Å². The first kappa shape index (κ1) is 32.9. The van der Waals surface area contributed by atoms with Gasteiger partial charge in [-0.1, -0.05) is 0 Å². The molecule has 0 aromatic rings. The van der Waals surface area contributed by atoms with E-state index in [1.807, 2.05) is 0 Å². The van der Waals surface area contributed by atoms with Crippen LogP contribution in [0, 0.1) is 11.8 Å². The Labute approximate surface area is 249 Å². The van der Waals surface area contributed by atoms with E-state index in [0.717, 1.165) is 58.5 Å². The van der Waals surface area contributed by atoms with Crippen LogP contribution in [-0.4, -0.2) is 124 Å². The van der Waals surface area contributed by atoms with Crippen molar-refractivity contribution in [1.29, 1.82) is 0 Å². The number of carbonyl (C=O) groups is 2. The number of fused-ring (bicyclic) bond motifs is 5. The van der Waals surface area contributed by atoms with Gasteiger partial charge < -0.3 is 33.5 Å². The van der Waals surface area contributed by atoms with Crippen LogP contribution >= 0.6 is 11.6 Å². The SMILES string of the molecule is COC1CC2CC(OCCCC(OC(=O)C3CCC(F)C(Cl)C3)CCN3CCCN(CCCOC2=O)CC3)C1OC. The zero-order valence-electron chi connectivity index (χ0n) is 24.9. The number of cyclic esters (lactones) is 1. The van der Waals surface area contributed by atoms with Gasteiger partial charge in [-0.2, -0.15) is 0 Å². The Bertz CT molecular complexity index is 826.